The van der Waals surface area contributed by atoms with E-state index in [1.807, 2.05) is 0 Å². The molecule has 8 rings (SSSR count). The van der Waals surface area contributed by atoms with Crippen LogP contribution in [0.3, 0.4) is 0 Å². The van der Waals surface area contributed by atoms with Crippen molar-refractivity contribution in [3.05, 3.63) is 71.8 Å². The molecule has 4 bridgehead atoms. The van der Waals surface area contributed by atoms with E-state index in [4.69, 9.17) is 0 Å². The van der Waals surface area contributed by atoms with E-state index in [9.17, 15) is 0 Å². The zero-order chi connectivity index (χ0) is 21.4. The van der Waals surface area contributed by atoms with Crippen molar-refractivity contribution < 1.29 is 0 Å². The summed E-state index contributed by atoms with van der Waals surface area (Å²) >= 11 is 0. The summed E-state index contributed by atoms with van der Waals surface area (Å²) < 4.78 is 0. The Hall–Kier alpha value is -1.50. The maximum Gasteiger partial charge on any atom is 0.119 e. The molecule has 6 aliphatic carbocycles. The van der Waals surface area contributed by atoms with Gasteiger partial charge in [0.25, 0.3) is 0 Å². The number of benzene rings is 2. The highest BCUT2D eigenvalue weighted by atomic mass is 14.6. The lowest BCUT2D eigenvalue weighted by atomic mass is 9.30. The zero-order valence-corrected chi connectivity index (χ0v) is 19.8. The topological polar surface area (TPSA) is 0 Å². The van der Waals surface area contributed by atoms with Crippen LogP contribution in [0.1, 0.15) is 76.3 Å². The van der Waals surface area contributed by atoms with Crippen molar-refractivity contribution in [1.29, 1.82) is 0 Å². The molecule has 161 valence electrons. The normalized spacial score (nSPS) is 41.5. The molecule has 8 atom stereocenters. The molecule has 1 heteroatoms. The largest absolute Gasteiger partial charge is 0.119 e. The number of fused-ring (bicyclic) bond motifs is 4. The minimum absolute atomic E-state index is 0.514. The van der Waals surface area contributed by atoms with Gasteiger partial charge in [-0.1, -0.05) is 113 Å². The molecule has 6 saturated carbocycles. The van der Waals surface area contributed by atoms with Crippen molar-refractivity contribution >= 4 is 7.28 Å². The monoisotopic (exact) mass is 409 g/mol. The second kappa shape index (κ2) is 7.00. The van der Waals surface area contributed by atoms with Gasteiger partial charge in [-0.3, -0.25) is 0 Å². The van der Waals surface area contributed by atoms with Gasteiger partial charge in [0, 0.05) is 0 Å². The number of hydrogen-bond acceptors (Lipinski definition) is 0. The lowest BCUT2D eigenvalue weighted by molar-refractivity contribution is -0.0870. The first-order valence-corrected chi connectivity index (χ1v) is 12.8. The van der Waals surface area contributed by atoms with E-state index in [1.54, 1.807) is 11.1 Å². The van der Waals surface area contributed by atoms with E-state index in [-0.39, 0.29) is 0 Å². The maximum absolute atomic E-state index is 2.90. The Morgan fingerprint density at radius 1 is 0.581 bits per heavy atom. The van der Waals surface area contributed by atoms with E-state index >= 15 is 0 Å². The molecule has 0 amide bonds. The van der Waals surface area contributed by atoms with Crippen molar-refractivity contribution in [2.75, 3.05) is 0 Å². The molecule has 6 fully saturated rings. The van der Waals surface area contributed by atoms with Gasteiger partial charge in [0.15, 0.2) is 0 Å². The summed E-state index contributed by atoms with van der Waals surface area (Å²) in [6.45, 7) is 10.2. The Balaban J connectivity index is 1.32. The lowest BCUT2D eigenvalue weighted by Crippen LogP contribution is -2.56. The Kier molecular flexibility index (Phi) is 4.55. The second-order valence-corrected chi connectivity index (χ2v) is 12.6. The standard InChI is InChI=1S/C30H38B/c1-29(2)21-15-23(29)27(19-11-7-5-8-12-19)25(17-21)31-26-18-22-16-24(30(22,3)4)28(26)20-13-9-6-10-14-20/h5-14,21-28H,15-18H2,1-4H3/t21-,22-,23+,24+,25+,26+,27+,28+/m0/s1. The SMILES string of the molecule is CC1(C)[C@@H]2C[C@@H]([B][C@@H]3C[C@@H]4C[C@H]([C@H]3c3ccccc3)C4(C)C)[C@H](c3ccccc3)[C@H]1C2. The summed E-state index contributed by atoms with van der Waals surface area (Å²) in [5, 5.41) is 0. The molecular formula is C30H38B. The first-order chi connectivity index (χ1) is 14.9. The smallest absolute Gasteiger partial charge is 0.0622 e. The lowest BCUT2D eigenvalue weighted by Gasteiger charge is -2.65. The third kappa shape index (κ3) is 2.94. The third-order valence-corrected chi connectivity index (χ3v) is 10.9. The zero-order valence-electron chi connectivity index (χ0n) is 19.8. The summed E-state index contributed by atoms with van der Waals surface area (Å²) in [4.78, 5) is 0. The first kappa shape index (κ1) is 20.1. The van der Waals surface area contributed by atoms with Crippen LogP contribution >= 0.6 is 0 Å². The third-order valence-electron chi connectivity index (χ3n) is 10.9. The highest BCUT2D eigenvalue weighted by Crippen LogP contribution is 2.71. The average Bonchev–Trinajstić information content (AvgIpc) is 2.79. The van der Waals surface area contributed by atoms with E-state index in [1.165, 1.54) is 25.7 Å². The quantitative estimate of drug-likeness (QED) is 0.449. The van der Waals surface area contributed by atoms with Crippen molar-refractivity contribution in [3.63, 3.8) is 0 Å². The van der Waals surface area contributed by atoms with Crippen LogP contribution in [0, 0.1) is 34.5 Å². The molecule has 0 spiro atoms. The van der Waals surface area contributed by atoms with Gasteiger partial charge in [-0.2, -0.15) is 0 Å². The van der Waals surface area contributed by atoms with Gasteiger partial charge in [0.1, 0.15) is 7.28 Å². The number of hydrogen-bond donors (Lipinski definition) is 0. The molecule has 6 aliphatic rings. The van der Waals surface area contributed by atoms with E-state index in [0.29, 0.717) is 22.7 Å². The fourth-order valence-corrected chi connectivity index (χ4v) is 8.70. The maximum atomic E-state index is 2.90. The molecule has 0 unspecified atom stereocenters. The molecule has 0 aliphatic heterocycles. The summed E-state index contributed by atoms with van der Waals surface area (Å²) in [5.41, 5.74) is 4.22. The van der Waals surface area contributed by atoms with Gasteiger partial charge in [-0.25, -0.2) is 0 Å². The van der Waals surface area contributed by atoms with Crippen LogP contribution in [0.4, 0.5) is 0 Å². The van der Waals surface area contributed by atoms with E-state index < -0.39 is 0 Å². The molecule has 1 radical (unpaired) electrons. The van der Waals surface area contributed by atoms with Crippen LogP contribution in [0.25, 0.3) is 0 Å². The van der Waals surface area contributed by atoms with Crippen LogP contribution in [-0.2, 0) is 0 Å². The second-order valence-electron chi connectivity index (χ2n) is 12.6. The van der Waals surface area contributed by atoms with Crippen molar-refractivity contribution in [2.24, 2.45) is 34.5 Å². The van der Waals surface area contributed by atoms with Crippen LogP contribution in [0.5, 0.6) is 0 Å². The van der Waals surface area contributed by atoms with Gasteiger partial charge in [-0.15, -0.1) is 0 Å². The summed E-state index contributed by atoms with van der Waals surface area (Å²) in [6, 6.07) is 23.1. The van der Waals surface area contributed by atoms with Crippen LogP contribution < -0.4 is 0 Å². The van der Waals surface area contributed by atoms with Crippen molar-refractivity contribution in [3.8, 4) is 0 Å². The molecule has 0 N–H and O–H groups in total. The highest BCUT2D eigenvalue weighted by Gasteiger charge is 2.61. The Morgan fingerprint density at radius 3 is 1.32 bits per heavy atom. The minimum atomic E-state index is 0.514. The summed E-state index contributed by atoms with van der Waals surface area (Å²) in [7, 11) is 2.90. The van der Waals surface area contributed by atoms with Crippen molar-refractivity contribution in [2.45, 2.75) is 76.8 Å². The van der Waals surface area contributed by atoms with Crippen LogP contribution in [0.15, 0.2) is 60.7 Å². The molecule has 0 aromatic heterocycles. The summed E-state index contributed by atoms with van der Waals surface area (Å²) in [5.74, 6) is 6.45. The molecule has 31 heavy (non-hydrogen) atoms. The Morgan fingerprint density at radius 2 is 0.968 bits per heavy atom. The summed E-state index contributed by atoms with van der Waals surface area (Å²) in [6.07, 6.45) is 5.70. The van der Waals surface area contributed by atoms with Crippen LogP contribution in [0.2, 0.25) is 11.6 Å². The van der Waals surface area contributed by atoms with Gasteiger partial charge in [0.2, 0.25) is 0 Å². The van der Waals surface area contributed by atoms with Gasteiger partial charge < -0.3 is 0 Å². The van der Waals surface area contributed by atoms with Gasteiger partial charge in [-0.05, 0) is 70.3 Å². The molecule has 0 nitrogen and oxygen atoms in total. The average molecular weight is 409 g/mol. The highest BCUT2D eigenvalue weighted by molar-refractivity contribution is 6.40. The predicted octanol–water partition coefficient (Wildman–Crippen LogP) is 7.97. The predicted molar refractivity (Wildman–Crippen MR) is 132 cm³/mol. The van der Waals surface area contributed by atoms with Gasteiger partial charge in [0.05, 0.1) is 0 Å². The minimum Gasteiger partial charge on any atom is -0.0622 e. The van der Waals surface area contributed by atoms with E-state index in [0.717, 1.165) is 35.3 Å². The molecule has 2 aromatic rings. The van der Waals surface area contributed by atoms with Crippen molar-refractivity contribution in [1.82, 2.24) is 0 Å². The Bertz CT molecular complexity index is 852. The molecule has 2 aromatic carbocycles. The Labute approximate surface area is 190 Å². The first-order valence-electron chi connectivity index (χ1n) is 12.8. The van der Waals surface area contributed by atoms with Gasteiger partial charge >= 0.3 is 0 Å². The van der Waals surface area contributed by atoms with Crippen LogP contribution in [-0.4, -0.2) is 7.28 Å². The molecule has 0 heterocycles. The fourth-order valence-electron chi connectivity index (χ4n) is 8.70. The number of rotatable bonds is 4. The molecule has 0 saturated heterocycles. The van der Waals surface area contributed by atoms with E-state index in [2.05, 4.69) is 95.6 Å². The fraction of sp³-hybridized carbons (Fsp3) is 0.600. The molecular weight excluding hydrogens is 371 g/mol.